The van der Waals surface area contributed by atoms with E-state index in [4.69, 9.17) is 5.73 Å². The third kappa shape index (κ3) is 4.66. The number of benzene rings is 1. The van der Waals surface area contributed by atoms with E-state index in [1.807, 2.05) is 30.3 Å². The smallest absolute Gasteiger partial charge is 0.326 e. The van der Waals surface area contributed by atoms with Crippen molar-refractivity contribution in [1.29, 1.82) is 0 Å². The van der Waals surface area contributed by atoms with E-state index < -0.39 is 29.4 Å². The lowest BCUT2D eigenvalue weighted by molar-refractivity contribution is -0.145. The number of rotatable bonds is 5. The van der Waals surface area contributed by atoms with Crippen LogP contribution in [-0.2, 0) is 16.0 Å². The summed E-state index contributed by atoms with van der Waals surface area (Å²) in [5.74, 6) is -1.51. The fourth-order valence-corrected chi connectivity index (χ4v) is 1.86. The molecule has 0 radical (unpaired) electrons. The van der Waals surface area contributed by atoms with E-state index in [1.54, 1.807) is 20.8 Å². The quantitative estimate of drug-likeness (QED) is 0.754. The minimum absolute atomic E-state index is 0.378. The molecule has 5 heteroatoms. The van der Waals surface area contributed by atoms with Gasteiger partial charge in [0.15, 0.2) is 0 Å². The molecule has 1 aromatic rings. The highest BCUT2D eigenvalue weighted by atomic mass is 16.4. The fraction of sp³-hybridized carbons (Fsp3) is 0.467. The first-order valence-corrected chi connectivity index (χ1v) is 6.54. The molecule has 20 heavy (non-hydrogen) atoms. The van der Waals surface area contributed by atoms with E-state index in [0.717, 1.165) is 5.56 Å². The largest absolute Gasteiger partial charge is 0.480 e. The number of nitrogens with two attached hydrogens (primary N) is 1. The van der Waals surface area contributed by atoms with Crippen molar-refractivity contribution < 1.29 is 14.7 Å². The van der Waals surface area contributed by atoms with Gasteiger partial charge in [-0.3, -0.25) is 4.79 Å². The van der Waals surface area contributed by atoms with Gasteiger partial charge in [-0.15, -0.1) is 0 Å². The molecule has 5 nitrogen and oxygen atoms in total. The zero-order chi connectivity index (χ0) is 15.3. The van der Waals surface area contributed by atoms with Crippen LogP contribution in [0.4, 0.5) is 0 Å². The molecule has 0 saturated carbocycles. The van der Waals surface area contributed by atoms with Crippen LogP contribution < -0.4 is 11.1 Å². The molecule has 0 fully saturated rings. The predicted molar refractivity (Wildman–Crippen MR) is 77.1 cm³/mol. The van der Waals surface area contributed by atoms with Gasteiger partial charge in [0.2, 0.25) is 5.91 Å². The standard InChI is InChI=1S/C15H22N2O3/c1-15(2,3)12(14(19)20)17-13(18)11(16)9-10-7-5-4-6-8-10/h4-8,11-12H,9,16H2,1-3H3,(H,17,18)(H,19,20)/t11-,12-/m1/s1. The normalized spacial score (nSPS) is 14.4. The Bertz CT molecular complexity index is 466. The summed E-state index contributed by atoms with van der Waals surface area (Å²) in [6, 6.07) is 7.66. The van der Waals surface area contributed by atoms with Crippen molar-refractivity contribution in [3.63, 3.8) is 0 Å². The van der Waals surface area contributed by atoms with Crippen LogP contribution >= 0.6 is 0 Å². The lowest BCUT2D eigenvalue weighted by Gasteiger charge is -2.28. The van der Waals surface area contributed by atoms with Crippen molar-refractivity contribution in [2.45, 2.75) is 39.3 Å². The molecular formula is C15H22N2O3. The summed E-state index contributed by atoms with van der Waals surface area (Å²) >= 11 is 0. The number of carbonyl (C=O) groups excluding carboxylic acids is 1. The minimum Gasteiger partial charge on any atom is -0.480 e. The highest BCUT2D eigenvalue weighted by molar-refractivity contribution is 5.87. The van der Waals surface area contributed by atoms with Crippen LogP contribution in [0.3, 0.4) is 0 Å². The number of hydrogen-bond donors (Lipinski definition) is 3. The molecule has 2 atom stereocenters. The van der Waals surface area contributed by atoms with Crippen LogP contribution in [0.1, 0.15) is 26.3 Å². The second-order valence-corrected chi connectivity index (χ2v) is 5.94. The molecule has 0 unspecified atom stereocenters. The lowest BCUT2D eigenvalue weighted by atomic mass is 9.86. The average molecular weight is 278 g/mol. The summed E-state index contributed by atoms with van der Waals surface area (Å²) in [7, 11) is 0. The van der Waals surface area contributed by atoms with Crippen molar-refractivity contribution in [3.8, 4) is 0 Å². The Morgan fingerprint density at radius 1 is 1.25 bits per heavy atom. The van der Waals surface area contributed by atoms with Gasteiger partial charge in [0.05, 0.1) is 6.04 Å². The Balaban J connectivity index is 2.67. The Morgan fingerprint density at radius 3 is 2.25 bits per heavy atom. The first-order chi connectivity index (χ1) is 9.21. The number of aliphatic carboxylic acids is 1. The van der Waals surface area contributed by atoms with E-state index in [9.17, 15) is 14.7 Å². The number of nitrogens with one attached hydrogen (secondary N) is 1. The van der Waals surface area contributed by atoms with Crippen molar-refractivity contribution in [1.82, 2.24) is 5.32 Å². The van der Waals surface area contributed by atoms with Gasteiger partial charge in [0.1, 0.15) is 6.04 Å². The second kappa shape index (κ2) is 6.52. The summed E-state index contributed by atoms with van der Waals surface area (Å²) in [5, 5.41) is 11.7. The Morgan fingerprint density at radius 2 is 1.80 bits per heavy atom. The van der Waals surface area contributed by atoms with Crippen molar-refractivity contribution >= 4 is 11.9 Å². The highest BCUT2D eigenvalue weighted by Gasteiger charge is 2.33. The SMILES string of the molecule is CC(C)(C)[C@H](NC(=O)[C@H](N)Cc1ccccc1)C(=O)O. The van der Waals surface area contributed by atoms with Crippen LogP contribution in [-0.4, -0.2) is 29.1 Å². The van der Waals surface area contributed by atoms with Gasteiger partial charge < -0.3 is 16.2 Å². The van der Waals surface area contributed by atoms with Crippen LogP contribution in [0.5, 0.6) is 0 Å². The van der Waals surface area contributed by atoms with Gasteiger partial charge in [-0.25, -0.2) is 4.79 Å². The lowest BCUT2D eigenvalue weighted by Crippen LogP contribution is -2.54. The zero-order valence-electron chi connectivity index (χ0n) is 12.1. The number of carboxylic acid groups (broad SMARTS) is 1. The molecule has 1 rings (SSSR count). The van der Waals surface area contributed by atoms with E-state index >= 15 is 0 Å². The number of carbonyl (C=O) groups is 2. The first-order valence-electron chi connectivity index (χ1n) is 6.54. The highest BCUT2D eigenvalue weighted by Crippen LogP contribution is 2.19. The molecule has 0 aliphatic rings. The predicted octanol–water partition coefficient (Wildman–Crippen LogP) is 1.17. The van der Waals surface area contributed by atoms with Crippen molar-refractivity contribution in [2.24, 2.45) is 11.1 Å². The van der Waals surface area contributed by atoms with E-state index in [-0.39, 0.29) is 0 Å². The summed E-state index contributed by atoms with van der Waals surface area (Å²) in [4.78, 5) is 23.2. The molecule has 0 bridgehead atoms. The van der Waals surface area contributed by atoms with Crippen LogP contribution in [0.2, 0.25) is 0 Å². The van der Waals surface area contributed by atoms with Gasteiger partial charge in [-0.1, -0.05) is 51.1 Å². The van der Waals surface area contributed by atoms with E-state index in [2.05, 4.69) is 5.32 Å². The number of carboxylic acids is 1. The Labute approximate surface area is 119 Å². The summed E-state index contributed by atoms with van der Waals surface area (Å²) in [5.41, 5.74) is 6.20. The van der Waals surface area contributed by atoms with Crippen LogP contribution in [0.25, 0.3) is 0 Å². The molecule has 0 aliphatic carbocycles. The summed E-state index contributed by atoms with van der Waals surface area (Å²) < 4.78 is 0. The van der Waals surface area contributed by atoms with Gasteiger partial charge in [0, 0.05) is 0 Å². The molecule has 0 spiro atoms. The van der Waals surface area contributed by atoms with Gasteiger partial charge >= 0.3 is 5.97 Å². The molecule has 1 aromatic carbocycles. The fourth-order valence-electron chi connectivity index (χ4n) is 1.86. The van der Waals surface area contributed by atoms with Crippen LogP contribution in [0, 0.1) is 5.41 Å². The maximum absolute atomic E-state index is 12.0. The van der Waals surface area contributed by atoms with Gasteiger partial charge in [-0.05, 0) is 17.4 Å². The maximum atomic E-state index is 12.0. The molecular weight excluding hydrogens is 256 g/mol. The third-order valence-electron chi connectivity index (χ3n) is 3.03. The monoisotopic (exact) mass is 278 g/mol. The summed E-state index contributed by atoms with van der Waals surface area (Å²) in [6.45, 7) is 5.28. The van der Waals surface area contributed by atoms with Crippen LogP contribution in [0.15, 0.2) is 30.3 Å². The molecule has 4 N–H and O–H groups in total. The van der Waals surface area contributed by atoms with Gasteiger partial charge in [-0.2, -0.15) is 0 Å². The topological polar surface area (TPSA) is 92.4 Å². The van der Waals surface area contributed by atoms with E-state index in [0.29, 0.717) is 6.42 Å². The maximum Gasteiger partial charge on any atom is 0.326 e. The minimum atomic E-state index is -1.06. The third-order valence-corrected chi connectivity index (χ3v) is 3.03. The Hall–Kier alpha value is -1.88. The second-order valence-electron chi connectivity index (χ2n) is 5.94. The number of amides is 1. The molecule has 0 aliphatic heterocycles. The molecule has 0 heterocycles. The molecule has 110 valence electrons. The zero-order valence-corrected chi connectivity index (χ0v) is 12.1. The Kier molecular flexibility index (Phi) is 5.27. The molecule has 0 saturated heterocycles. The van der Waals surface area contributed by atoms with Gasteiger partial charge in [0.25, 0.3) is 0 Å². The molecule has 1 amide bonds. The van der Waals surface area contributed by atoms with Crippen molar-refractivity contribution in [3.05, 3.63) is 35.9 Å². The first kappa shape index (κ1) is 16.2. The summed E-state index contributed by atoms with van der Waals surface area (Å²) in [6.07, 6.45) is 0.378. The average Bonchev–Trinajstić information content (AvgIpc) is 2.34. The van der Waals surface area contributed by atoms with E-state index in [1.165, 1.54) is 0 Å². The number of hydrogen-bond acceptors (Lipinski definition) is 3. The molecule has 0 aromatic heterocycles. The van der Waals surface area contributed by atoms with Crippen molar-refractivity contribution in [2.75, 3.05) is 0 Å².